The normalized spacial score (nSPS) is 21.0. The maximum Gasteiger partial charge on any atom is 0.239 e. The molecule has 1 rings (SSSR count). The largest absolute Gasteiger partial charge is 0.379 e. The molecule has 21 heavy (non-hydrogen) atoms. The molecule has 1 amide bonds. The van der Waals surface area contributed by atoms with E-state index in [4.69, 9.17) is 10.5 Å². The van der Waals surface area contributed by atoms with E-state index in [1.54, 1.807) is 0 Å². The van der Waals surface area contributed by atoms with E-state index in [9.17, 15) is 4.79 Å². The van der Waals surface area contributed by atoms with E-state index in [1.165, 1.54) is 0 Å². The van der Waals surface area contributed by atoms with Crippen LogP contribution in [-0.4, -0.2) is 55.2 Å². The second-order valence-electron chi connectivity index (χ2n) is 6.81. The van der Waals surface area contributed by atoms with Gasteiger partial charge in [0, 0.05) is 25.7 Å². The zero-order valence-electron chi connectivity index (χ0n) is 14.2. The zero-order chi connectivity index (χ0) is 15.9. The van der Waals surface area contributed by atoms with E-state index in [0.717, 1.165) is 39.1 Å². The molecule has 1 aliphatic rings. The van der Waals surface area contributed by atoms with Crippen LogP contribution in [0.1, 0.15) is 47.0 Å². The summed E-state index contributed by atoms with van der Waals surface area (Å²) in [5, 5.41) is 3.06. The molecule has 0 saturated carbocycles. The van der Waals surface area contributed by atoms with E-state index in [2.05, 4.69) is 24.1 Å². The van der Waals surface area contributed by atoms with E-state index >= 15 is 0 Å². The minimum atomic E-state index is -0.762. The number of nitrogens with two attached hydrogens (primary N) is 1. The fourth-order valence-corrected chi connectivity index (χ4v) is 2.89. The van der Waals surface area contributed by atoms with Crippen LogP contribution in [-0.2, 0) is 9.53 Å². The Morgan fingerprint density at radius 2 is 2.00 bits per heavy atom. The lowest BCUT2D eigenvalue weighted by Crippen LogP contribution is -2.55. The first-order valence-corrected chi connectivity index (χ1v) is 8.25. The summed E-state index contributed by atoms with van der Waals surface area (Å²) in [7, 11) is 0. The molecule has 0 bridgehead atoms. The van der Waals surface area contributed by atoms with Gasteiger partial charge in [-0.05, 0) is 25.7 Å². The molecule has 0 aromatic rings. The number of morpholine rings is 1. The third kappa shape index (κ3) is 6.32. The third-order valence-electron chi connectivity index (χ3n) is 4.09. The van der Waals surface area contributed by atoms with Gasteiger partial charge in [0.25, 0.3) is 0 Å². The standard InChI is InChI=1S/C16H33N3O2/c1-5-6-16(4,17)15(20)18-12-14(11-13(2)3)19-7-9-21-10-8-19/h13-14H,5-12,17H2,1-4H3,(H,18,20). The van der Waals surface area contributed by atoms with Gasteiger partial charge in [-0.15, -0.1) is 0 Å². The molecule has 5 nitrogen and oxygen atoms in total. The molecule has 124 valence electrons. The first-order chi connectivity index (χ1) is 9.86. The first-order valence-electron chi connectivity index (χ1n) is 8.25. The van der Waals surface area contributed by atoms with Crippen molar-refractivity contribution < 1.29 is 9.53 Å². The Hall–Kier alpha value is -0.650. The van der Waals surface area contributed by atoms with E-state index in [-0.39, 0.29) is 5.91 Å². The number of nitrogens with one attached hydrogen (secondary N) is 1. The summed E-state index contributed by atoms with van der Waals surface area (Å²) in [6, 6.07) is 0.371. The Morgan fingerprint density at radius 3 is 2.52 bits per heavy atom. The molecule has 1 saturated heterocycles. The van der Waals surface area contributed by atoms with Crippen LogP contribution in [0.4, 0.5) is 0 Å². The molecule has 5 heteroatoms. The number of rotatable bonds is 8. The molecule has 2 unspecified atom stereocenters. The molecule has 0 aromatic heterocycles. The quantitative estimate of drug-likeness (QED) is 0.710. The number of carbonyl (C=O) groups excluding carboxylic acids is 1. The molecule has 1 fully saturated rings. The molecule has 0 aromatic carbocycles. The second-order valence-corrected chi connectivity index (χ2v) is 6.81. The van der Waals surface area contributed by atoms with Crippen molar-refractivity contribution in [2.75, 3.05) is 32.8 Å². The van der Waals surface area contributed by atoms with Gasteiger partial charge in [-0.2, -0.15) is 0 Å². The predicted octanol–water partition coefficient (Wildman–Crippen LogP) is 1.37. The first kappa shape index (κ1) is 18.4. The number of carbonyl (C=O) groups is 1. The van der Waals surface area contributed by atoms with Crippen LogP contribution in [0.25, 0.3) is 0 Å². The number of nitrogens with zero attached hydrogens (tertiary/aromatic N) is 1. The highest BCUT2D eigenvalue weighted by atomic mass is 16.5. The van der Waals surface area contributed by atoms with Crippen molar-refractivity contribution in [3.63, 3.8) is 0 Å². The van der Waals surface area contributed by atoms with Crippen molar-refractivity contribution in [3.05, 3.63) is 0 Å². The minimum Gasteiger partial charge on any atom is -0.379 e. The van der Waals surface area contributed by atoms with E-state index in [1.807, 2.05) is 13.8 Å². The Kier molecular flexibility index (Phi) is 7.63. The van der Waals surface area contributed by atoms with Gasteiger partial charge in [0.2, 0.25) is 5.91 Å². The van der Waals surface area contributed by atoms with Gasteiger partial charge in [-0.3, -0.25) is 9.69 Å². The van der Waals surface area contributed by atoms with Gasteiger partial charge in [-0.1, -0.05) is 27.2 Å². The molecule has 1 heterocycles. The minimum absolute atomic E-state index is 0.0358. The monoisotopic (exact) mass is 299 g/mol. The summed E-state index contributed by atoms with van der Waals surface area (Å²) < 4.78 is 5.42. The summed E-state index contributed by atoms with van der Waals surface area (Å²) >= 11 is 0. The highest BCUT2D eigenvalue weighted by Gasteiger charge is 2.29. The Labute approximate surface area is 129 Å². The van der Waals surface area contributed by atoms with Crippen LogP contribution in [0.15, 0.2) is 0 Å². The van der Waals surface area contributed by atoms with Gasteiger partial charge < -0.3 is 15.8 Å². The number of ether oxygens (including phenoxy) is 1. The van der Waals surface area contributed by atoms with Gasteiger partial charge in [0.15, 0.2) is 0 Å². The molecule has 0 aliphatic carbocycles. The summed E-state index contributed by atoms with van der Waals surface area (Å²) in [4.78, 5) is 14.7. The lowest BCUT2D eigenvalue weighted by Gasteiger charge is -2.36. The summed E-state index contributed by atoms with van der Waals surface area (Å²) in [6.45, 7) is 12.4. The van der Waals surface area contributed by atoms with Crippen LogP contribution in [0, 0.1) is 5.92 Å². The number of amides is 1. The third-order valence-corrected chi connectivity index (χ3v) is 4.09. The molecular weight excluding hydrogens is 266 g/mol. The molecule has 1 aliphatic heterocycles. The lowest BCUT2D eigenvalue weighted by atomic mass is 9.96. The van der Waals surface area contributed by atoms with Gasteiger partial charge >= 0.3 is 0 Å². The van der Waals surface area contributed by atoms with Crippen molar-refractivity contribution in [2.24, 2.45) is 11.7 Å². The molecule has 0 radical (unpaired) electrons. The summed E-state index contributed by atoms with van der Waals surface area (Å²) in [5.74, 6) is 0.570. The zero-order valence-corrected chi connectivity index (χ0v) is 14.2. The maximum atomic E-state index is 12.2. The summed E-state index contributed by atoms with van der Waals surface area (Å²) in [5.41, 5.74) is 5.33. The summed E-state index contributed by atoms with van der Waals surface area (Å²) in [6.07, 6.45) is 2.71. The van der Waals surface area contributed by atoms with Crippen LogP contribution >= 0.6 is 0 Å². The van der Waals surface area contributed by atoms with E-state index in [0.29, 0.717) is 24.9 Å². The lowest BCUT2D eigenvalue weighted by molar-refractivity contribution is -0.126. The predicted molar refractivity (Wildman–Crippen MR) is 86.1 cm³/mol. The van der Waals surface area contributed by atoms with Crippen molar-refractivity contribution >= 4 is 5.91 Å². The van der Waals surface area contributed by atoms with Crippen LogP contribution < -0.4 is 11.1 Å². The van der Waals surface area contributed by atoms with Crippen LogP contribution in [0.3, 0.4) is 0 Å². The Balaban J connectivity index is 2.54. The van der Waals surface area contributed by atoms with Crippen LogP contribution in [0.2, 0.25) is 0 Å². The average molecular weight is 299 g/mol. The second kappa shape index (κ2) is 8.71. The maximum absolute atomic E-state index is 12.2. The number of hydrogen-bond acceptors (Lipinski definition) is 4. The van der Waals surface area contributed by atoms with Gasteiger partial charge in [0.05, 0.1) is 18.8 Å². The van der Waals surface area contributed by atoms with Crippen molar-refractivity contribution in [2.45, 2.75) is 58.5 Å². The highest BCUT2D eigenvalue weighted by molar-refractivity contribution is 5.85. The van der Waals surface area contributed by atoms with Crippen LogP contribution in [0.5, 0.6) is 0 Å². The number of hydrogen-bond donors (Lipinski definition) is 2. The highest BCUT2D eigenvalue weighted by Crippen LogP contribution is 2.14. The van der Waals surface area contributed by atoms with Gasteiger partial charge in [0.1, 0.15) is 0 Å². The molecule has 3 N–H and O–H groups in total. The van der Waals surface area contributed by atoms with Crippen molar-refractivity contribution in [3.8, 4) is 0 Å². The molecule has 0 spiro atoms. The van der Waals surface area contributed by atoms with E-state index < -0.39 is 5.54 Å². The fourth-order valence-electron chi connectivity index (χ4n) is 2.89. The van der Waals surface area contributed by atoms with Crippen molar-refractivity contribution in [1.82, 2.24) is 10.2 Å². The SMILES string of the molecule is CCCC(C)(N)C(=O)NCC(CC(C)C)N1CCOCC1. The molecular formula is C16H33N3O2. The van der Waals surface area contributed by atoms with Gasteiger partial charge in [-0.25, -0.2) is 0 Å². The topological polar surface area (TPSA) is 67.6 Å². The smallest absolute Gasteiger partial charge is 0.239 e. The average Bonchev–Trinajstić information content (AvgIpc) is 2.43. The Bertz CT molecular complexity index is 313. The van der Waals surface area contributed by atoms with Crippen molar-refractivity contribution in [1.29, 1.82) is 0 Å². The molecule has 2 atom stereocenters. The fraction of sp³-hybridized carbons (Fsp3) is 0.938. The Morgan fingerprint density at radius 1 is 1.38 bits per heavy atom.